The Kier molecular flexibility index (Phi) is 12.3. The van der Waals surface area contributed by atoms with E-state index >= 15 is 0 Å². The van der Waals surface area contributed by atoms with Gasteiger partial charge in [0.1, 0.15) is 5.75 Å². The Labute approximate surface area is 267 Å². The average molecular weight is 627 g/mol. The highest BCUT2D eigenvalue weighted by atomic mass is 16.7. The van der Waals surface area contributed by atoms with Gasteiger partial charge in [-0.1, -0.05) is 13.0 Å². The Bertz CT molecular complexity index is 1290. The quantitative estimate of drug-likeness (QED) is 0.380. The first kappa shape index (κ1) is 34.3. The van der Waals surface area contributed by atoms with Crippen LogP contribution in [-0.2, 0) is 11.3 Å². The molecule has 0 saturated carbocycles. The monoisotopic (exact) mass is 626 g/mol. The maximum atomic E-state index is 14.3. The van der Waals surface area contributed by atoms with Gasteiger partial charge >= 0.3 is 6.03 Å². The maximum Gasteiger partial charge on any atom is 0.319 e. The largest absolute Gasteiger partial charge is 0.490 e. The fourth-order valence-electron chi connectivity index (χ4n) is 5.61. The summed E-state index contributed by atoms with van der Waals surface area (Å²) in [6.45, 7) is 12.0. The second kappa shape index (κ2) is 16.1. The number of nitrogens with one attached hydrogen (secondary N) is 2. The number of anilines is 1. The lowest BCUT2D eigenvalue weighted by Crippen LogP contribution is -2.47. The molecule has 0 aliphatic carbocycles. The normalized spacial score (nSPS) is 21.6. The van der Waals surface area contributed by atoms with Gasteiger partial charge in [-0.3, -0.25) is 9.69 Å². The number of fused-ring (bicyclic) bond motifs is 2. The molecule has 0 fully saturated rings. The van der Waals surface area contributed by atoms with Crippen LogP contribution in [0.3, 0.4) is 0 Å². The van der Waals surface area contributed by atoms with Crippen LogP contribution in [0.5, 0.6) is 17.2 Å². The molecular formula is C34H50N4O7. The first-order chi connectivity index (χ1) is 21.5. The fourth-order valence-corrected chi connectivity index (χ4v) is 5.61. The van der Waals surface area contributed by atoms with Crippen molar-refractivity contribution in [1.82, 2.24) is 15.1 Å². The fraction of sp³-hybridized carbons (Fsp3) is 0.588. The van der Waals surface area contributed by atoms with E-state index in [0.717, 1.165) is 36.3 Å². The van der Waals surface area contributed by atoms with Crippen molar-refractivity contribution in [3.63, 3.8) is 0 Å². The van der Waals surface area contributed by atoms with E-state index in [4.69, 9.17) is 18.9 Å². The van der Waals surface area contributed by atoms with Gasteiger partial charge in [0.15, 0.2) is 11.5 Å². The minimum atomic E-state index is -0.453. The number of rotatable bonds is 8. The Morgan fingerprint density at radius 3 is 2.58 bits per heavy atom. The summed E-state index contributed by atoms with van der Waals surface area (Å²) >= 11 is 0. The standard InChI is InChI=1S/C34H50N4O7/c1-22(2)35-34(41)36-27-11-13-29-28(16-27)33(40)38(24(4)20-39)17-23(3)32(42-14-8-7-9-25(5)45-29)19-37(6)18-26-10-12-30-31(15-26)44-21-43-30/h10-13,15-16,22-25,32,39H,7-9,14,17-21H2,1-6H3,(H2,35,36,41)/t23-,24+,25+,32+/m0/s1. The van der Waals surface area contributed by atoms with E-state index in [-0.39, 0.29) is 49.5 Å². The van der Waals surface area contributed by atoms with Crippen molar-refractivity contribution < 1.29 is 33.6 Å². The average Bonchev–Trinajstić information content (AvgIpc) is 3.46. The summed E-state index contributed by atoms with van der Waals surface area (Å²) in [5.74, 6) is 1.65. The molecule has 0 spiro atoms. The zero-order valence-corrected chi connectivity index (χ0v) is 27.5. The van der Waals surface area contributed by atoms with Crippen LogP contribution >= 0.6 is 0 Å². The summed E-state index contributed by atoms with van der Waals surface area (Å²) < 4.78 is 23.8. The molecule has 0 saturated heterocycles. The molecule has 0 radical (unpaired) electrons. The molecule has 2 heterocycles. The van der Waals surface area contributed by atoms with Gasteiger partial charge in [-0.05, 0) is 89.9 Å². The van der Waals surface area contributed by atoms with Gasteiger partial charge in [0.25, 0.3) is 5.91 Å². The summed E-state index contributed by atoms with van der Waals surface area (Å²) in [5.41, 5.74) is 1.93. The van der Waals surface area contributed by atoms with Gasteiger partial charge in [-0.25, -0.2) is 4.79 Å². The molecule has 2 aliphatic heterocycles. The van der Waals surface area contributed by atoms with Crippen molar-refractivity contribution in [2.75, 3.05) is 45.5 Å². The van der Waals surface area contributed by atoms with Gasteiger partial charge in [0.05, 0.1) is 30.4 Å². The van der Waals surface area contributed by atoms with Crippen LogP contribution in [0.15, 0.2) is 36.4 Å². The van der Waals surface area contributed by atoms with Crippen LogP contribution in [0.25, 0.3) is 0 Å². The molecule has 11 nitrogen and oxygen atoms in total. The van der Waals surface area contributed by atoms with Crippen LogP contribution in [0, 0.1) is 5.92 Å². The molecule has 11 heteroatoms. The second-order valence-electron chi connectivity index (χ2n) is 12.6. The van der Waals surface area contributed by atoms with Gasteiger partial charge in [0.2, 0.25) is 6.79 Å². The minimum Gasteiger partial charge on any atom is -0.490 e. The predicted molar refractivity (Wildman–Crippen MR) is 173 cm³/mol. The van der Waals surface area contributed by atoms with E-state index in [2.05, 4.69) is 29.5 Å². The summed E-state index contributed by atoms with van der Waals surface area (Å²) in [6, 6.07) is 10.3. The number of hydrogen-bond acceptors (Lipinski definition) is 8. The number of nitrogens with zero attached hydrogens (tertiary/aromatic N) is 2. The molecule has 0 bridgehead atoms. The van der Waals surface area contributed by atoms with Gasteiger partial charge in [-0.2, -0.15) is 0 Å². The molecule has 4 rings (SSSR count). The molecule has 3 amide bonds. The maximum absolute atomic E-state index is 14.3. The zero-order chi connectivity index (χ0) is 32.5. The molecular weight excluding hydrogens is 576 g/mol. The molecule has 2 aromatic rings. The first-order valence-electron chi connectivity index (χ1n) is 16.0. The lowest BCUT2D eigenvalue weighted by atomic mass is 10.0. The zero-order valence-electron chi connectivity index (χ0n) is 27.5. The van der Waals surface area contributed by atoms with Crippen molar-refractivity contribution in [3.05, 3.63) is 47.5 Å². The van der Waals surface area contributed by atoms with Crippen LogP contribution < -0.4 is 24.8 Å². The first-order valence-corrected chi connectivity index (χ1v) is 16.0. The smallest absolute Gasteiger partial charge is 0.319 e. The van der Waals surface area contributed by atoms with E-state index in [1.54, 1.807) is 23.1 Å². The van der Waals surface area contributed by atoms with Gasteiger partial charge < -0.3 is 39.6 Å². The van der Waals surface area contributed by atoms with Crippen LogP contribution in [0.1, 0.15) is 69.8 Å². The molecule has 0 aromatic heterocycles. The molecule has 3 N–H and O–H groups in total. The van der Waals surface area contributed by atoms with Crippen molar-refractivity contribution in [1.29, 1.82) is 0 Å². The number of hydrogen-bond donors (Lipinski definition) is 3. The Balaban J connectivity index is 1.57. The lowest BCUT2D eigenvalue weighted by molar-refractivity contribution is -0.0177. The number of aliphatic hydroxyl groups is 1. The minimum absolute atomic E-state index is 0.0401. The summed E-state index contributed by atoms with van der Waals surface area (Å²) in [7, 11) is 2.06. The molecule has 2 aliphatic rings. The molecule has 248 valence electrons. The van der Waals surface area contributed by atoms with E-state index in [9.17, 15) is 14.7 Å². The number of aliphatic hydroxyl groups excluding tert-OH is 1. The van der Waals surface area contributed by atoms with Gasteiger partial charge in [0, 0.05) is 43.9 Å². The number of amides is 3. The molecule has 0 unspecified atom stereocenters. The Morgan fingerprint density at radius 2 is 1.82 bits per heavy atom. The van der Waals surface area contributed by atoms with Crippen LogP contribution in [0.4, 0.5) is 10.5 Å². The van der Waals surface area contributed by atoms with Crippen molar-refractivity contribution in [3.8, 4) is 17.2 Å². The Morgan fingerprint density at radius 1 is 1.07 bits per heavy atom. The van der Waals surface area contributed by atoms with E-state index in [0.29, 0.717) is 43.2 Å². The number of likely N-dealkylation sites (N-methyl/N-ethyl adjacent to an activating group) is 1. The number of carbonyl (C=O) groups is 2. The number of urea groups is 1. The molecule has 45 heavy (non-hydrogen) atoms. The third kappa shape index (κ3) is 9.72. The lowest BCUT2D eigenvalue weighted by Gasteiger charge is -2.36. The summed E-state index contributed by atoms with van der Waals surface area (Å²) in [6.07, 6.45) is 2.32. The molecule has 4 atom stereocenters. The number of carbonyl (C=O) groups excluding carboxylic acids is 2. The van der Waals surface area contributed by atoms with E-state index < -0.39 is 6.04 Å². The third-order valence-electron chi connectivity index (χ3n) is 8.11. The summed E-state index contributed by atoms with van der Waals surface area (Å²) in [4.78, 5) is 30.6. The second-order valence-corrected chi connectivity index (χ2v) is 12.6. The van der Waals surface area contributed by atoms with Crippen molar-refractivity contribution >= 4 is 17.6 Å². The highest BCUT2D eigenvalue weighted by molar-refractivity contribution is 5.99. The number of benzene rings is 2. The van der Waals surface area contributed by atoms with Gasteiger partial charge in [-0.15, -0.1) is 0 Å². The SMILES string of the molecule is CC(C)NC(=O)Nc1ccc2c(c1)C(=O)N([C@H](C)CO)C[C@H](C)[C@@H](CN(C)Cc1ccc3c(c1)OCO3)OCCCC[C@@H](C)O2. The molecule has 2 aromatic carbocycles. The number of ether oxygens (including phenoxy) is 4. The van der Waals surface area contributed by atoms with E-state index in [1.165, 1.54) is 0 Å². The van der Waals surface area contributed by atoms with E-state index in [1.807, 2.05) is 45.9 Å². The van der Waals surface area contributed by atoms with Crippen molar-refractivity contribution in [2.45, 2.75) is 84.7 Å². The highest BCUT2D eigenvalue weighted by Crippen LogP contribution is 2.33. The topological polar surface area (TPSA) is 122 Å². The predicted octanol–water partition coefficient (Wildman–Crippen LogP) is 4.87. The Hall–Kier alpha value is -3.54. The third-order valence-corrected chi connectivity index (χ3v) is 8.11. The summed E-state index contributed by atoms with van der Waals surface area (Å²) in [5, 5.41) is 15.8. The van der Waals surface area contributed by atoms with Crippen molar-refractivity contribution in [2.24, 2.45) is 5.92 Å². The van der Waals surface area contributed by atoms with Crippen LogP contribution in [0.2, 0.25) is 0 Å². The van der Waals surface area contributed by atoms with Crippen LogP contribution in [-0.4, -0.2) is 91.3 Å². The highest BCUT2D eigenvalue weighted by Gasteiger charge is 2.30.